The van der Waals surface area contributed by atoms with Crippen molar-refractivity contribution in [3.63, 3.8) is 0 Å². The van der Waals surface area contributed by atoms with E-state index < -0.39 is 48.3 Å². The topological polar surface area (TPSA) is 126 Å². The van der Waals surface area contributed by atoms with Gasteiger partial charge in [0.1, 0.15) is 0 Å². The summed E-state index contributed by atoms with van der Waals surface area (Å²) in [6, 6.07) is 22.6. The number of aromatic amines is 1. The van der Waals surface area contributed by atoms with Crippen molar-refractivity contribution in [2.24, 2.45) is 0 Å². The maximum atomic E-state index is 13.0. The minimum atomic E-state index is -1.73. The summed E-state index contributed by atoms with van der Waals surface area (Å²) < 4.78 is 3.75. The van der Waals surface area contributed by atoms with Crippen LogP contribution in [0.2, 0.25) is 4.71 Å². The van der Waals surface area contributed by atoms with Gasteiger partial charge in [0.05, 0.1) is 0 Å². The zero-order chi connectivity index (χ0) is 27.0. The molecule has 3 aromatic rings. The molecule has 1 unspecified atom stereocenters. The van der Waals surface area contributed by atoms with Crippen molar-refractivity contribution in [3.05, 3.63) is 106 Å². The fourth-order valence-corrected chi connectivity index (χ4v) is 6.07. The Morgan fingerprint density at radius 3 is 2.00 bits per heavy atom. The molecule has 194 valence electrons. The van der Waals surface area contributed by atoms with Crippen LogP contribution in [-0.4, -0.2) is 54.6 Å². The van der Waals surface area contributed by atoms with Gasteiger partial charge in [-0.2, -0.15) is 0 Å². The van der Waals surface area contributed by atoms with Crippen LogP contribution >= 0.6 is 0 Å². The Labute approximate surface area is 222 Å². The molecule has 9 heteroatoms. The Bertz CT molecular complexity index is 1250. The van der Waals surface area contributed by atoms with E-state index in [0.717, 1.165) is 11.1 Å². The number of hydrogen-bond acceptors (Lipinski definition) is 5. The molecule has 1 heterocycles. The van der Waals surface area contributed by atoms with Crippen LogP contribution in [0.4, 0.5) is 4.79 Å². The average Bonchev–Trinajstić information content (AvgIpc) is 2.84. The maximum absolute atomic E-state index is 13.0. The number of nitrogens with one attached hydrogen (secondary N) is 2. The minimum absolute atomic E-state index is 0.0463. The molecule has 1 amide bonds. The van der Waals surface area contributed by atoms with Crippen LogP contribution in [0.25, 0.3) is 0 Å². The molecule has 2 aromatic carbocycles. The SMILES string of the molecule is CC(C)(C)OC(=O)NCC[C@H]([AsH]C(=O)c1ccc(C(c2ccccc2)c2ccccc2)[nH]c1=O)C(=O)O. The molecule has 0 spiro atoms. The fraction of sp³-hybridized carbons (Fsp3) is 0.286. The van der Waals surface area contributed by atoms with Gasteiger partial charge in [-0.1, -0.05) is 0 Å². The standard InChI is InChI=1S/C28H31AsN2O6/c1-28(2,3)37-27(36)30-17-16-21(26(34)35)29-24(32)20-14-15-22(31-25(20)33)23(18-10-6-4-7-11-18)19-12-8-5-9-13-19/h4-15,21,23,29H,16-17H2,1-3H3,(H,30,36)(H,31,33)(H,34,35)/t21-/m0/s1. The van der Waals surface area contributed by atoms with E-state index >= 15 is 0 Å². The van der Waals surface area contributed by atoms with Crippen LogP contribution in [-0.2, 0) is 9.53 Å². The van der Waals surface area contributed by atoms with Crippen LogP contribution in [0.5, 0.6) is 0 Å². The first-order valence-corrected chi connectivity index (χ1v) is 14.1. The normalized spacial score (nSPS) is 12.4. The second-order valence-corrected chi connectivity index (χ2v) is 12.5. The summed E-state index contributed by atoms with van der Waals surface area (Å²) in [5.41, 5.74) is 1.35. The van der Waals surface area contributed by atoms with E-state index in [4.69, 9.17) is 4.74 Å². The number of ether oxygens (including phenoxy) is 1. The van der Waals surface area contributed by atoms with Gasteiger partial charge in [-0.25, -0.2) is 0 Å². The van der Waals surface area contributed by atoms with Crippen LogP contribution in [0, 0.1) is 0 Å². The summed E-state index contributed by atoms with van der Waals surface area (Å²) in [5, 5.41) is 12.1. The quantitative estimate of drug-likeness (QED) is 0.320. The van der Waals surface area contributed by atoms with Crippen molar-refractivity contribution in [3.8, 4) is 0 Å². The van der Waals surface area contributed by atoms with Gasteiger partial charge in [0.15, 0.2) is 0 Å². The summed E-state index contributed by atoms with van der Waals surface area (Å²) >= 11 is -1.73. The number of pyridine rings is 1. The number of carboxylic acids is 1. The number of alkyl carbamates (subject to hydrolysis) is 1. The zero-order valence-electron chi connectivity index (χ0n) is 21.0. The zero-order valence-corrected chi connectivity index (χ0v) is 23.1. The van der Waals surface area contributed by atoms with Crippen LogP contribution in [0.3, 0.4) is 0 Å². The molecule has 0 fully saturated rings. The molecule has 3 N–H and O–H groups in total. The Morgan fingerprint density at radius 1 is 0.946 bits per heavy atom. The predicted molar refractivity (Wildman–Crippen MR) is 143 cm³/mol. The van der Waals surface area contributed by atoms with Gasteiger partial charge in [-0.3, -0.25) is 0 Å². The van der Waals surface area contributed by atoms with Gasteiger partial charge in [0.25, 0.3) is 0 Å². The number of aliphatic carboxylic acids is 1. The molecule has 1 aromatic heterocycles. The number of benzene rings is 2. The van der Waals surface area contributed by atoms with Crippen LogP contribution in [0.1, 0.15) is 60.3 Å². The van der Waals surface area contributed by atoms with Crippen LogP contribution in [0.15, 0.2) is 77.6 Å². The van der Waals surface area contributed by atoms with Crippen LogP contribution < -0.4 is 10.9 Å². The second-order valence-electron chi connectivity index (χ2n) is 9.49. The number of aromatic nitrogens is 1. The molecule has 0 aliphatic carbocycles. The first-order valence-electron chi connectivity index (χ1n) is 11.9. The Morgan fingerprint density at radius 2 is 1.51 bits per heavy atom. The summed E-state index contributed by atoms with van der Waals surface area (Å²) in [6.45, 7) is 5.22. The molecule has 3 rings (SSSR count). The molecule has 8 nitrogen and oxygen atoms in total. The number of amides is 1. The van der Waals surface area contributed by atoms with Gasteiger partial charge in [-0.05, 0) is 0 Å². The molecule has 0 saturated carbocycles. The van der Waals surface area contributed by atoms with Gasteiger partial charge in [0, 0.05) is 0 Å². The van der Waals surface area contributed by atoms with E-state index in [1.54, 1.807) is 26.8 Å². The Kier molecular flexibility index (Phi) is 9.47. The fourth-order valence-electron chi connectivity index (χ4n) is 3.80. The van der Waals surface area contributed by atoms with Gasteiger partial charge in [0.2, 0.25) is 0 Å². The third kappa shape index (κ3) is 8.19. The van der Waals surface area contributed by atoms with Gasteiger partial charge < -0.3 is 0 Å². The number of carbonyl (C=O) groups is 3. The molecule has 37 heavy (non-hydrogen) atoms. The van der Waals surface area contributed by atoms with E-state index in [9.17, 15) is 24.3 Å². The summed E-state index contributed by atoms with van der Waals surface area (Å²) in [5.74, 6) is -1.36. The average molecular weight is 566 g/mol. The number of H-pyrrole nitrogens is 1. The molecule has 2 atom stereocenters. The Hall–Kier alpha value is -3.64. The summed E-state index contributed by atoms with van der Waals surface area (Å²) in [6.07, 6.45) is -0.582. The number of rotatable bonds is 10. The van der Waals surface area contributed by atoms with E-state index in [0.29, 0.717) is 5.69 Å². The summed E-state index contributed by atoms with van der Waals surface area (Å²) in [4.78, 5) is 52.3. The molecule has 0 aliphatic heterocycles. The summed E-state index contributed by atoms with van der Waals surface area (Å²) in [7, 11) is 0. The second kappa shape index (κ2) is 12.5. The van der Waals surface area contributed by atoms with E-state index in [2.05, 4.69) is 10.3 Å². The molecular formula is C28H31AsN2O6. The molecule has 0 saturated heterocycles. The molecule has 0 radical (unpaired) electrons. The van der Waals surface area contributed by atoms with Crippen molar-refractivity contribution in [1.29, 1.82) is 0 Å². The monoisotopic (exact) mass is 566 g/mol. The number of carboxylic acid groups (broad SMARTS) is 1. The number of hydrogen-bond donors (Lipinski definition) is 3. The van der Waals surface area contributed by atoms with Gasteiger partial charge >= 0.3 is 222 Å². The first kappa shape index (κ1) is 27.9. The third-order valence-corrected chi connectivity index (χ3v) is 8.43. The van der Waals surface area contributed by atoms with E-state index in [-0.39, 0.29) is 24.4 Å². The van der Waals surface area contributed by atoms with E-state index in [1.807, 2.05) is 60.7 Å². The van der Waals surface area contributed by atoms with Crippen molar-refractivity contribution in [2.75, 3.05) is 6.54 Å². The van der Waals surface area contributed by atoms with Crippen molar-refractivity contribution in [2.45, 2.75) is 43.4 Å². The van der Waals surface area contributed by atoms with Gasteiger partial charge in [-0.15, -0.1) is 0 Å². The molecule has 0 bridgehead atoms. The van der Waals surface area contributed by atoms with E-state index in [1.165, 1.54) is 6.07 Å². The molecular weight excluding hydrogens is 535 g/mol. The predicted octanol–water partition coefficient (Wildman–Crippen LogP) is 3.92. The van der Waals surface area contributed by atoms with Crippen molar-refractivity contribution >= 4 is 32.4 Å². The van der Waals surface area contributed by atoms with Crippen molar-refractivity contribution < 1.29 is 24.2 Å². The van der Waals surface area contributed by atoms with Crippen molar-refractivity contribution in [1.82, 2.24) is 10.3 Å². The third-order valence-electron chi connectivity index (χ3n) is 5.46. The Balaban J connectivity index is 1.75. The number of carbonyl (C=O) groups excluding carboxylic acids is 2. The first-order chi connectivity index (χ1) is 17.5. The molecule has 0 aliphatic rings.